The van der Waals surface area contributed by atoms with Gasteiger partial charge >= 0.3 is 0 Å². The lowest BCUT2D eigenvalue weighted by atomic mass is 10.2. The minimum Gasteiger partial charge on any atom is -0.495 e. The largest absolute Gasteiger partial charge is 0.495 e. The number of methoxy groups -OCH3 is 1. The number of hydrogen-bond acceptors (Lipinski definition) is 4. The number of H-pyrrole nitrogens is 1. The van der Waals surface area contributed by atoms with E-state index in [9.17, 15) is 9.59 Å². The van der Waals surface area contributed by atoms with E-state index in [4.69, 9.17) is 4.74 Å². The van der Waals surface area contributed by atoms with Gasteiger partial charge in [-0.3, -0.25) is 9.59 Å². The van der Waals surface area contributed by atoms with Gasteiger partial charge in [-0.1, -0.05) is 42.5 Å². The Balaban J connectivity index is 1.87. The van der Waals surface area contributed by atoms with Crippen LogP contribution in [0.2, 0.25) is 0 Å². The van der Waals surface area contributed by atoms with E-state index in [1.807, 2.05) is 30.3 Å². The van der Waals surface area contributed by atoms with Crippen molar-refractivity contribution in [3.63, 3.8) is 0 Å². The van der Waals surface area contributed by atoms with Crippen molar-refractivity contribution < 1.29 is 9.53 Å². The molecule has 0 spiro atoms. The van der Waals surface area contributed by atoms with Crippen LogP contribution in [-0.2, 0) is 0 Å². The van der Waals surface area contributed by atoms with Crippen LogP contribution in [0.15, 0.2) is 65.6 Å². The Morgan fingerprint density at radius 1 is 1.08 bits per heavy atom. The Hall–Kier alpha value is -3.41. The minimum atomic E-state index is -0.548. The molecule has 3 rings (SSSR count). The molecule has 120 valence electrons. The maximum Gasteiger partial charge on any atom is 0.264 e. The molecule has 6 heteroatoms. The van der Waals surface area contributed by atoms with Crippen molar-refractivity contribution >= 4 is 11.6 Å². The molecule has 0 aliphatic carbocycles. The molecule has 0 unspecified atom stereocenters. The summed E-state index contributed by atoms with van der Waals surface area (Å²) in [4.78, 5) is 31.3. The predicted octanol–water partition coefficient (Wildman–Crippen LogP) is 2.70. The summed E-state index contributed by atoms with van der Waals surface area (Å²) in [5.74, 6) is 0.374. The molecular weight excluding hydrogens is 306 g/mol. The Morgan fingerprint density at radius 3 is 2.50 bits per heavy atom. The van der Waals surface area contributed by atoms with E-state index in [-0.39, 0.29) is 5.56 Å². The quantitative estimate of drug-likeness (QED) is 0.774. The fraction of sp³-hybridized carbons (Fsp3) is 0.0556. The summed E-state index contributed by atoms with van der Waals surface area (Å²) in [6, 6.07) is 16.2. The number of aromatic nitrogens is 2. The minimum absolute atomic E-state index is 0.0689. The summed E-state index contributed by atoms with van der Waals surface area (Å²) in [5, 5.41) is 2.65. The zero-order valence-electron chi connectivity index (χ0n) is 12.9. The molecule has 6 nitrogen and oxygen atoms in total. The normalized spacial score (nSPS) is 10.2. The molecule has 0 aliphatic heterocycles. The number of rotatable bonds is 4. The standard InChI is InChI=1S/C18H15N3O3/c1-24-15-10-6-5-9-14(15)20-17(22)13-11-19-16(21-18(13)23)12-7-3-2-4-8-12/h2-11H,1H3,(H,20,22)(H,19,21,23). The molecule has 0 atom stereocenters. The van der Waals surface area contributed by atoms with Crippen molar-refractivity contribution in [2.45, 2.75) is 0 Å². The molecule has 0 fully saturated rings. The second kappa shape index (κ2) is 6.78. The number of amides is 1. The number of ether oxygens (including phenoxy) is 1. The Morgan fingerprint density at radius 2 is 1.79 bits per heavy atom. The van der Waals surface area contributed by atoms with Gasteiger partial charge in [-0.15, -0.1) is 0 Å². The van der Waals surface area contributed by atoms with Crippen LogP contribution in [0.5, 0.6) is 5.75 Å². The van der Waals surface area contributed by atoms with E-state index in [2.05, 4.69) is 15.3 Å². The zero-order valence-corrected chi connectivity index (χ0v) is 12.9. The second-order valence-electron chi connectivity index (χ2n) is 5.00. The number of nitrogens with zero attached hydrogens (tertiary/aromatic N) is 1. The van der Waals surface area contributed by atoms with Crippen molar-refractivity contribution in [2.75, 3.05) is 12.4 Å². The predicted molar refractivity (Wildman–Crippen MR) is 91.2 cm³/mol. The van der Waals surface area contributed by atoms with Crippen molar-refractivity contribution in [1.29, 1.82) is 0 Å². The SMILES string of the molecule is COc1ccccc1NC(=O)c1cnc(-c2ccccc2)[nH]c1=O. The summed E-state index contributed by atoms with van der Waals surface area (Å²) >= 11 is 0. The first-order chi connectivity index (χ1) is 11.7. The fourth-order valence-corrected chi connectivity index (χ4v) is 2.24. The van der Waals surface area contributed by atoms with E-state index in [1.165, 1.54) is 13.3 Å². The molecule has 3 aromatic rings. The number of aromatic amines is 1. The van der Waals surface area contributed by atoms with Crippen LogP contribution < -0.4 is 15.6 Å². The van der Waals surface area contributed by atoms with Gasteiger partial charge in [0.15, 0.2) is 0 Å². The van der Waals surface area contributed by atoms with Crippen LogP contribution in [0.3, 0.4) is 0 Å². The van der Waals surface area contributed by atoms with Gasteiger partial charge in [-0.05, 0) is 12.1 Å². The van der Waals surface area contributed by atoms with Crippen LogP contribution in [0, 0.1) is 0 Å². The molecule has 1 amide bonds. The van der Waals surface area contributed by atoms with Gasteiger partial charge in [0.05, 0.1) is 12.8 Å². The lowest BCUT2D eigenvalue weighted by Crippen LogP contribution is -2.24. The van der Waals surface area contributed by atoms with Crippen LogP contribution in [0.25, 0.3) is 11.4 Å². The highest BCUT2D eigenvalue weighted by molar-refractivity contribution is 6.04. The number of para-hydroxylation sites is 2. The first-order valence-corrected chi connectivity index (χ1v) is 7.28. The van der Waals surface area contributed by atoms with E-state index in [0.29, 0.717) is 17.3 Å². The molecule has 2 N–H and O–H groups in total. The van der Waals surface area contributed by atoms with Crippen LogP contribution >= 0.6 is 0 Å². The second-order valence-corrected chi connectivity index (χ2v) is 5.00. The summed E-state index contributed by atoms with van der Waals surface area (Å²) in [7, 11) is 1.51. The number of carbonyl (C=O) groups excluding carboxylic acids is 1. The number of hydrogen-bond donors (Lipinski definition) is 2. The van der Waals surface area contributed by atoms with E-state index < -0.39 is 11.5 Å². The average molecular weight is 321 g/mol. The third kappa shape index (κ3) is 3.17. The lowest BCUT2D eigenvalue weighted by Gasteiger charge is -2.09. The fourth-order valence-electron chi connectivity index (χ4n) is 2.24. The summed E-state index contributed by atoms with van der Waals surface area (Å²) in [5.41, 5.74) is 0.680. The molecule has 1 heterocycles. The first kappa shape index (κ1) is 15.5. The van der Waals surface area contributed by atoms with Gasteiger partial charge in [0.1, 0.15) is 17.1 Å². The summed E-state index contributed by atoms with van der Waals surface area (Å²) in [6.45, 7) is 0. The van der Waals surface area contributed by atoms with E-state index >= 15 is 0 Å². The highest BCUT2D eigenvalue weighted by atomic mass is 16.5. The van der Waals surface area contributed by atoms with Gasteiger partial charge in [0.2, 0.25) is 0 Å². The van der Waals surface area contributed by atoms with Crippen molar-refractivity contribution in [1.82, 2.24) is 9.97 Å². The van der Waals surface area contributed by atoms with Gasteiger partial charge in [-0.25, -0.2) is 4.98 Å². The Kier molecular flexibility index (Phi) is 4.38. The molecule has 24 heavy (non-hydrogen) atoms. The molecule has 1 aromatic heterocycles. The van der Waals surface area contributed by atoms with Crippen LogP contribution in [0.4, 0.5) is 5.69 Å². The molecule has 0 radical (unpaired) electrons. The number of anilines is 1. The van der Waals surface area contributed by atoms with E-state index in [0.717, 1.165) is 5.56 Å². The monoisotopic (exact) mass is 321 g/mol. The molecular formula is C18H15N3O3. The smallest absolute Gasteiger partial charge is 0.264 e. The van der Waals surface area contributed by atoms with Crippen molar-refractivity contribution in [3.05, 3.63) is 76.7 Å². The molecule has 0 saturated heterocycles. The molecule has 0 bridgehead atoms. The number of carbonyl (C=O) groups is 1. The first-order valence-electron chi connectivity index (χ1n) is 7.28. The zero-order chi connectivity index (χ0) is 16.9. The maximum absolute atomic E-state index is 12.3. The van der Waals surface area contributed by atoms with Crippen molar-refractivity contribution in [2.24, 2.45) is 0 Å². The Bertz CT molecular complexity index is 920. The number of nitrogens with one attached hydrogen (secondary N) is 2. The van der Waals surface area contributed by atoms with Gasteiger partial charge in [0.25, 0.3) is 11.5 Å². The topological polar surface area (TPSA) is 84.1 Å². The van der Waals surface area contributed by atoms with Gasteiger partial charge < -0.3 is 15.0 Å². The van der Waals surface area contributed by atoms with Gasteiger partial charge in [0, 0.05) is 11.8 Å². The molecule has 2 aromatic carbocycles. The maximum atomic E-state index is 12.3. The summed E-state index contributed by atoms with van der Waals surface area (Å²) < 4.78 is 5.17. The van der Waals surface area contributed by atoms with Gasteiger partial charge in [-0.2, -0.15) is 0 Å². The summed E-state index contributed by atoms with van der Waals surface area (Å²) in [6.07, 6.45) is 1.27. The Labute approximate surface area is 138 Å². The number of benzene rings is 2. The van der Waals surface area contributed by atoms with Crippen molar-refractivity contribution in [3.8, 4) is 17.1 Å². The highest BCUT2D eigenvalue weighted by Crippen LogP contribution is 2.23. The lowest BCUT2D eigenvalue weighted by molar-refractivity contribution is 0.102. The average Bonchev–Trinajstić information content (AvgIpc) is 2.62. The van der Waals surface area contributed by atoms with Crippen LogP contribution in [0.1, 0.15) is 10.4 Å². The van der Waals surface area contributed by atoms with Crippen LogP contribution in [-0.4, -0.2) is 23.0 Å². The third-order valence-electron chi connectivity index (χ3n) is 3.45. The third-order valence-corrected chi connectivity index (χ3v) is 3.45. The molecule has 0 saturated carbocycles. The molecule has 0 aliphatic rings. The van der Waals surface area contributed by atoms with E-state index in [1.54, 1.807) is 24.3 Å². The highest BCUT2D eigenvalue weighted by Gasteiger charge is 2.14.